The number of halogens is 2. The lowest BCUT2D eigenvalue weighted by Crippen LogP contribution is -2.52. The third kappa shape index (κ3) is 4.74. The van der Waals surface area contributed by atoms with Gasteiger partial charge in [-0.3, -0.25) is 4.79 Å². The van der Waals surface area contributed by atoms with E-state index in [0.717, 1.165) is 0 Å². The number of rotatable bonds is 6. The van der Waals surface area contributed by atoms with E-state index in [9.17, 15) is 19.2 Å². The number of esters is 1. The molecule has 0 spiro atoms. The maximum absolute atomic E-state index is 13.1. The first kappa shape index (κ1) is 22.4. The first-order valence-electron chi connectivity index (χ1n) is 8.95. The Bertz CT molecular complexity index is 965. The average Bonchev–Trinajstić information content (AvgIpc) is 2.96. The second kappa shape index (κ2) is 8.62. The number of aryl methyl sites for hydroxylation is 1. The third-order valence-electron chi connectivity index (χ3n) is 4.70. The molecule has 154 valence electrons. The average molecular weight is 421 g/mol. The molecule has 9 heteroatoms. The molecule has 1 aromatic heterocycles. The van der Waals surface area contributed by atoms with Gasteiger partial charge in [-0.2, -0.15) is 10.4 Å². The summed E-state index contributed by atoms with van der Waals surface area (Å²) in [4.78, 5) is 25.0. The number of nitriles is 1. The molecule has 2 rings (SSSR count). The zero-order chi connectivity index (χ0) is 21.9. The van der Waals surface area contributed by atoms with E-state index in [4.69, 9.17) is 16.3 Å². The Labute approximate surface area is 173 Å². The number of benzene rings is 1. The topological polar surface area (TPSA) is 97.0 Å². The first-order chi connectivity index (χ1) is 13.5. The highest BCUT2D eigenvalue weighted by Gasteiger charge is 2.33. The lowest BCUT2D eigenvalue weighted by molar-refractivity contribution is -0.130. The van der Waals surface area contributed by atoms with Crippen molar-refractivity contribution >= 4 is 23.5 Å². The van der Waals surface area contributed by atoms with Gasteiger partial charge in [-0.25, -0.2) is 13.9 Å². The van der Waals surface area contributed by atoms with Crippen LogP contribution in [0.3, 0.4) is 0 Å². The van der Waals surface area contributed by atoms with E-state index in [-0.39, 0.29) is 16.6 Å². The van der Waals surface area contributed by atoms with E-state index in [1.807, 2.05) is 0 Å². The molecular formula is C20H22ClFN4O3. The van der Waals surface area contributed by atoms with Crippen molar-refractivity contribution < 1.29 is 18.7 Å². The molecule has 0 radical (unpaired) electrons. The summed E-state index contributed by atoms with van der Waals surface area (Å²) in [5, 5.41) is 16.1. The number of nitrogens with zero attached hydrogens (tertiary/aromatic N) is 3. The Kier molecular flexibility index (Phi) is 6.65. The van der Waals surface area contributed by atoms with Gasteiger partial charge in [0.1, 0.15) is 22.1 Å². The van der Waals surface area contributed by atoms with Crippen molar-refractivity contribution in [3.05, 3.63) is 46.5 Å². The second-order valence-corrected chi connectivity index (χ2v) is 7.50. The van der Waals surface area contributed by atoms with Gasteiger partial charge in [0.05, 0.1) is 17.5 Å². The minimum absolute atomic E-state index is 0.00236. The van der Waals surface area contributed by atoms with Crippen molar-refractivity contribution in [2.24, 2.45) is 5.92 Å². The van der Waals surface area contributed by atoms with Crippen molar-refractivity contribution in [1.82, 2.24) is 15.1 Å². The van der Waals surface area contributed by atoms with Crippen molar-refractivity contribution in [2.45, 2.75) is 46.3 Å². The molecule has 1 N–H and O–H groups in total. The normalized spacial score (nSPS) is 14.0. The highest BCUT2D eigenvalue weighted by molar-refractivity contribution is 6.33. The number of ether oxygens (including phenoxy) is 1. The van der Waals surface area contributed by atoms with E-state index in [0.29, 0.717) is 11.4 Å². The maximum Gasteiger partial charge on any atom is 0.344 e. The number of aromatic nitrogens is 2. The summed E-state index contributed by atoms with van der Waals surface area (Å²) < 4.78 is 19.7. The summed E-state index contributed by atoms with van der Waals surface area (Å²) in [6, 6.07) is 7.48. The van der Waals surface area contributed by atoms with Crippen LogP contribution in [0.15, 0.2) is 24.3 Å². The molecular weight excluding hydrogens is 399 g/mol. The van der Waals surface area contributed by atoms with Crippen molar-refractivity contribution in [3.8, 4) is 11.8 Å². The third-order valence-corrected chi connectivity index (χ3v) is 5.05. The zero-order valence-electron chi connectivity index (χ0n) is 16.8. The molecule has 0 aliphatic heterocycles. The summed E-state index contributed by atoms with van der Waals surface area (Å²) >= 11 is 6.29. The molecule has 0 aliphatic rings. The van der Waals surface area contributed by atoms with Crippen LogP contribution < -0.4 is 5.32 Å². The molecule has 0 saturated heterocycles. The Hall–Kier alpha value is -2.92. The number of amides is 1. The van der Waals surface area contributed by atoms with Crippen LogP contribution in [0.2, 0.25) is 5.15 Å². The standard InChI is InChI=1S/C20H22ClFN4O3/c1-11(2)20(5,10-23)24-18(27)13(4)29-19(28)16-12(3)25-26(17(16)21)15-8-6-14(22)7-9-15/h6-9,11,13H,1-5H3,(H,24,27)/t13-,20+/m0/s1. The molecule has 29 heavy (non-hydrogen) atoms. The summed E-state index contributed by atoms with van der Waals surface area (Å²) in [6.45, 7) is 8.16. The van der Waals surface area contributed by atoms with E-state index in [1.54, 1.807) is 27.7 Å². The van der Waals surface area contributed by atoms with E-state index in [1.165, 1.54) is 35.9 Å². The van der Waals surface area contributed by atoms with Crippen LogP contribution in [0, 0.1) is 30.0 Å². The number of carbonyl (C=O) groups excluding carboxylic acids is 2. The summed E-state index contributed by atoms with van der Waals surface area (Å²) in [5.74, 6) is -1.99. The number of hydrogen-bond donors (Lipinski definition) is 1. The monoisotopic (exact) mass is 420 g/mol. The van der Waals surface area contributed by atoms with Crippen LogP contribution in [0.1, 0.15) is 43.7 Å². The number of nitrogens with one attached hydrogen (secondary N) is 1. The zero-order valence-corrected chi connectivity index (χ0v) is 17.5. The van der Waals surface area contributed by atoms with Crippen LogP contribution in [0.25, 0.3) is 5.69 Å². The second-order valence-electron chi connectivity index (χ2n) is 7.15. The Morgan fingerprint density at radius 2 is 1.90 bits per heavy atom. The largest absolute Gasteiger partial charge is 0.449 e. The predicted molar refractivity (Wildman–Crippen MR) is 105 cm³/mol. The molecule has 0 saturated carbocycles. The fourth-order valence-electron chi connectivity index (χ4n) is 2.42. The molecule has 1 heterocycles. The smallest absolute Gasteiger partial charge is 0.344 e. The van der Waals surface area contributed by atoms with Crippen LogP contribution in [-0.2, 0) is 9.53 Å². The SMILES string of the molecule is Cc1nn(-c2ccc(F)cc2)c(Cl)c1C(=O)O[C@@H](C)C(=O)N[C@](C)(C#N)C(C)C. The lowest BCUT2D eigenvalue weighted by atomic mass is 9.90. The number of hydrogen-bond acceptors (Lipinski definition) is 5. The molecule has 0 bridgehead atoms. The molecule has 7 nitrogen and oxygen atoms in total. The van der Waals surface area contributed by atoms with Crippen LogP contribution in [-0.4, -0.2) is 33.3 Å². The van der Waals surface area contributed by atoms with Gasteiger partial charge in [-0.15, -0.1) is 0 Å². The Morgan fingerprint density at radius 3 is 2.41 bits per heavy atom. The predicted octanol–water partition coefficient (Wildman–Crippen LogP) is 3.57. The van der Waals surface area contributed by atoms with Crippen LogP contribution in [0.5, 0.6) is 0 Å². The molecule has 2 atom stereocenters. The highest BCUT2D eigenvalue weighted by Crippen LogP contribution is 2.25. The van der Waals surface area contributed by atoms with Gasteiger partial charge in [0.25, 0.3) is 5.91 Å². The minimum Gasteiger partial charge on any atom is -0.449 e. The quantitative estimate of drug-likeness (QED) is 0.720. The number of carbonyl (C=O) groups is 2. The molecule has 0 unspecified atom stereocenters. The Balaban J connectivity index is 2.20. The molecule has 2 aromatic rings. The molecule has 0 fully saturated rings. The molecule has 0 aliphatic carbocycles. The van der Waals surface area contributed by atoms with E-state index in [2.05, 4.69) is 16.5 Å². The molecule has 1 aromatic carbocycles. The summed E-state index contributed by atoms with van der Waals surface area (Å²) in [7, 11) is 0. The lowest BCUT2D eigenvalue weighted by Gasteiger charge is -2.28. The van der Waals surface area contributed by atoms with Crippen molar-refractivity contribution in [1.29, 1.82) is 5.26 Å². The van der Waals surface area contributed by atoms with E-state index < -0.39 is 29.3 Å². The van der Waals surface area contributed by atoms with Gasteiger partial charge in [0.15, 0.2) is 6.10 Å². The fourth-order valence-corrected chi connectivity index (χ4v) is 2.77. The van der Waals surface area contributed by atoms with E-state index >= 15 is 0 Å². The van der Waals surface area contributed by atoms with Crippen LogP contribution in [0.4, 0.5) is 4.39 Å². The first-order valence-corrected chi connectivity index (χ1v) is 9.33. The van der Waals surface area contributed by atoms with Gasteiger partial charge in [0.2, 0.25) is 0 Å². The van der Waals surface area contributed by atoms with Gasteiger partial charge < -0.3 is 10.1 Å². The van der Waals surface area contributed by atoms with Crippen LogP contribution >= 0.6 is 11.6 Å². The van der Waals surface area contributed by atoms with Crippen molar-refractivity contribution in [3.63, 3.8) is 0 Å². The maximum atomic E-state index is 13.1. The summed E-state index contributed by atoms with van der Waals surface area (Å²) in [5.41, 5.74) is -0.340. The van der Waals surface area contributed by atoms with Crippen molar-refractivity contribution in [2.75, 3.05) is 0 Å². The fraction of sp³-hybridized carbons (Fsp3) is 0.400. The van der Waals surface area contributed by atoms with Gasteiger partial charge in [0, 0.05) is 0 Å². The molecule has 1 amide bonds. The van der Waals surface area contributed by atoms with Gasteiger partial charge >= 0.3 is 5.97 Å². The van der Waals surface area contributed by atoms with Gasteiger partial charge in [-0.1, -0.05) is 25.4 Å². The Morgan fingerprint density at radius 1 is 1.31 bits per heavy atom. The highest BCUT2D eigenvalue weighted by atomic mass is 35.5. The minimum atomic E-state index is -1.15. The summed E-state index contributed by atoms with van der Waals surface area (Å²) in [6.07, 6.45) is -1.15. The van der Waals surface area contributed by atoms with Gasteiger partial charge in [-0.05, 0) is 51.0 Å².